The maximum absolute atomic E-state index is 12.9. The Morgan fingerprint density at radius 2 is 1.86 bits per heavy atom. The van der Waals surface area contributed by atoms with Gasteiger partial charge in [0.2, 0.25) is 0 Å². The molecule has 2 heterocycles. The van der Waals surface area contributed by atoms with Crippen LogP contribution in [0.4, 0.5) is 0 Å². The van der Waals surface area contributed by atoms with Crippen molar-refractivity contribution in [2.75, 3.05) is 13.1 Å². The molecule has 2 aliphatic rings. The van der Waals surface area contributed by atoms with Crippen LogP contribution in [-0.2, 0) is 0 Å². The van der Waals surface area contributed by atoms with Gasteiger partial charge in [0.15, 0.2) is 5.69 Å². The third-order valence-corrected chi connectivity index (χ3v) is 6.23. The zero-order valence-corrected chi connectivity index (χ0v) is 16.5. The molecule has 1 aromatic heterocycles. The number of rotatable bonds is 6. The summed E-state index contributed by atoms with van der Waals surface area (Å²) in [6.07, 6.45) is 11.4. The molecule has 1 aromatic carbocycles. The van der Waals surface area contributed by atoms with Crippen molar-refractivity contribution in [1.29, 1.82) is 0 Å². The predicted octanol–water partition coefficient (Wildman–Crippen LogP) is 3.64. The number of benzene rings is 1. The van der Waals surface area contributed by atoms with Gasteiger partial charge in [0.25, 0.3) is 5.91 Å². The molecule has 0 spiro atoms. The van der Waals surface area contributed by atoms with Gasteiger partial charge < -0.3 is 10.6 Å². The lowest BCUT2D eigenvalue weighted by molar-refractivity contribution is 0.0923. The topological polar surface area (TPSA) is 71.8 Å². The molecule has 1 atom stereocenters. The van der Waals surface area contributed by atoms with Crippen LogP contribution in [-0.4, -0.2) is 34.0 Å². The van der Waals surface area contributed by atoms with Crippen molar-refractivity contribution in [3.05, 3.63) is 47.8 Å². The highest BCUT2D eigenvalue weighted by atomic mass is 16.2. The van der Waals surface area contributed by atoms with Crippen LogP contribution >= 0.6 is 0 Å². The summed E-state index contributed by atoms with van der Waals surface area (Å²) in [6.45, 7) is 1.98. The number of piperidine rings is 1. The van der Waals surface area contributed by atoms with Crippen LogP contribution in [0, 0.1) is 5.92 Å². The molecule has 1 aliphatic carbocycles. The second-order valence-corrected chi connectivity index (χ2v) is 8.24. The summed E-state index contributed by atoms with van der Waals surface area (Å²) in [5, 5.41) is 15.0. The summed E-state index contributed by atoms with van der Waals surface area (Å²) in [4.78, 5) is 12.9. The van der Waals surface area contributed by atoms with E-state index in [1.54, 1.807) is 0 Å². The molecular weight excluding hydrogens is 350 g/mol. The lowest BCUT2D eigenvalue weighted by atomic mass is 9.83. The fraction of sp³-hybridized carbons (Fsp3) is 0.591. The van der Waals surface area contributed by atoms with Crippen LogP contribution in [0.25, 0.3) is 0 Å². The van der Waals surface area contributed by atoms with E-state index in [2.05, 4.69) is 33.1 Å². The van der Waals surface area contributed by atoms with Crippen molar-refractivity contribution >= 4 is 5.91 Å². The third kappa shape index (κ3) is 4.79. The molecule has 0 radical (unpaired) electrons. The van der Waals surface area contributed by atoms with Gasteiger partial charge >= 0.3 is 0 Å². The molecule has 2 N–H and O–H groups in total. The molecule has 28 heavy (non-hydrogen) atoms. The van der Waals surface area contributed by atoms with Crippen LogP contribution in [0.5, 0.6) is 0 Å². The Hall–Kier alpha value is -2.21. The largest absolute Gasteiger partial charge is 0.344 e. The molecule has 1 amide bonds. The summed E-state index contributed by atoms with van der Waals surface area (Å²) in [6, 6.07) is 10.7. The quantitative estimate of drug-likeness (QED) is 0.801. The number of amides is 1. The van der Waals surface area contributed by atoms with E-state index in [0.717, 1.165) is 32.4 Å². The fourth-order valence-electron chi connectivity index (χ4n) is 4.58. The first kappa shape index (κ1) is 19.1. The van der Waals surface area contributed by atoms with E-state index in [1.165, 1.54) is 37.7 Å². The number of aromatic nitrogens is 3. The second-order valence-electron chi connectivity index (χ2n) is 8.24. The Morgan fingerprint density at radius 1 is 1.11 bits per heavy atom. The first-order chi connectivity index (χ1) is 13.8. The summed E-state index contributed by atoms with van der Waals surface area (Å²) in [7, 11) is 0. The zero-order chi connectivity index (χ0) is 19.2. The lowest BCUT2D eigenvalue weighted by Crippen LogP contribution is -2.31. The number of carbonyl (C=O) groups is 1. The fourth-order valence-corrected chi connectivity index (χ4v) is 4.58. The van der Waals surface area contributed by atoms with Crippen LogP contribution in [0.15, 0.2) is 36.5 Å². The Kier molecular flexibility index (Phi) is 6.37. The molecule has 2 fully saturated rings. The first-order valence-corrected chi connectivity index (χ1v) is 10.8. The van der Waals surface area contributed by atoms with Crippen molar-refractivity contribution in [3.8, 4) is 0 Å². The van der Waals surface area contributed by atoms with Crippen molar-refractivity contribution in [3.63, 3.8) is 0 Å². The Bertz CT molecular complexity index is 747. The van der Waals surface area contributed by atoms with Crippen molar-refractivity contribution in [1.82, 2.24) is 25.6 Å². The minimum absolute atomic E-state index is 0.0285. The molecule has 150 valence electrons. The highest BCUT2D eigenvalue weighted by molar-refractivity contribution is 5.92. The van der Waals surface area contributed by atoms with Gasteiger partial charge in [0.05, 0.1) is 18.3 Å². The molecule has 1 unspecified atom stereocenters. The highest BCUT2D eigenvalue weighted by Gasteiger charge is 2.24. The van der Waals surface area contributed by atoms with E-state index in [4.69, 9.17) is 0 Å². The predicted molar refractivity (Wildman–Crippen MR) is 109 cm³/mol. The second kappa shape index (κ2) is 9.32. The van der Waals surface area contributed by atoms with E-state index < -0.39 is 0 Å². The van der Waals surface area contributed by atoms with Gasteiger partial charge in [-0.2, -0.15) is 0 Å². The first-order valence-electron chi connectivity index (χ1n) is 10.8. The maximum Gasteiger partial charge on any atom is 0.273 e. The lowest BCUT2D eigenvalue weighted by Gasteiger charge is -2.27. The molecule has 4 rings (SSSR count). The van der Waals surface area contributed by atoms with Gasteiger partial charge in [-0.1, -0.05) is 67.6 Å². The number of nitrogens with one attached hydrogen (secondary N) is 2. The summed E-state index contributed by atoms with van der Waals surface area (Å²) in [5.41, 5.74) is 1.59. The number of hydrogen-bond acceptors (Lipinski definition) is 4. The summed E-state index contributed by atoms with van der Waals surface area (Å²) < 4.78 is 1.87. The Morgan fingerprint density at radius 3 is 2.61 bits per heavy atom. The molecule has 2 aromatic rings. The van der Waals surface area contributed by atoms with Gasteiger partial charge in [0.1, 0.15) is 0 Å². The van der Waals surface area contributed by atoms with E-state index in [9.17, 15) is 4.79 Å². The summed E-state index contributed by atoms with van der Waals surface area (Å²) in [5.74, 6) is 0.564. The molecule has 1 aliphatic heterocycles. The molecule has 1 saturated carbocycles. The van der Waals surface area contributed by atoms with E-state index in [-0.39, 0.29) is 11.9 Å². The molecule has 1 saturated heterocycles. The standard InChI is InChI=1S/C22H31N5O/c28-22(21-16-27(26-25-21)19-11-13-23-14-12-19)24-20(18-9-5-2-6-10-18)15-17-7-3-1-4-8-17/h2,5-6,9-10,16-17,19-20,23H,1,3-4,7-8,11-15H2,(H,24,28). The van der Waals surface area contributed by atoms with E-state index in [1.807, 2.05) is 29.1 Å². The smallest absolute Gasteiger partial charge is 0.273 e. The number of hydrogen-bond donors (Lipinski definition) is 2. The minimum Gasteiger partial charge on any atom is -0.344 e. The number of carbonyl (C=O) groups excluding carboxylic acids is 1. The molecule has 0 bridgehead atoms. The van der Waals surface area contributed by atoms with Crippen molar-refractivity contribution in [2.45, 2.75) is 63.5 Å². The van der Waals surface area contributed by atoms with Crippen LogP contribution in [0.1, 0.15) is 79.5 Å². The highest BCUT2D eigenvalue weighted by Crippen LogP contribution is 2.32. The van der Waals surface area contributed by atoms with Gasteiger partial charge in [-0.05, 0) is 43.8 Å². The monoisotopic (exact) mass is 381 g/mol. The van der Waals surface area contributed by atoms with Gasteiger partial charge in [-0.3, -0.25) is 4.79 Å². The Labute approximate surface area is 167 Å². The molecule has 6 nitrogen and oxygen atoms in total. The van der Waals surface area contributed by atoms with E-state index in [0.29, 0.717) is 17.7 Å². The average Bonchev–Trinajstić information content (AvgIpc) is 3.26. The maximum atomic E-state index is 12.9. The molecule has 6 heteroatoms. The Balaban J connectivity index is 1.45. The van der Waals surface area contributed by atoms with Crippen LogP contribution < -0.4 is 10.6 Å². The third-order valence-electron chi connectivity index (χ3n) is 6.23. The minimum atomic E-state index is -0.121. The van der Waals surface area contributed by atoms with Crippen LogP contribution in [0.2, 0.25) is 0 Å². The van der Waals surface area contributed by atoms with Gasteiger partial charge in [-0.15, -0.1) is 5.10 Å². The SMILES string of the molecule is O=C(NC(CC1CCCCC1)c1ccccc1)c1cn(C2CCNCC2)nn1. The van der Waals surface area contributed by atoms with Gasteiger partial charge in [-0.25, -0.2) is 4.68 Å². The van der Waals surface area contributed by atoms with Crippen molar-refractivity contribution < 1.29 is 4.79 Å². The number of nitrogens with zero attached hydrogens (tertiary/aromatic N) is 3. The zero-order valence-electron chi connectivity index (χ0n) is 16.5. The average molecular weight is 382 g/mol. The molecular formula is C22H31N5O. The normalized spacial score (nSPS) is 20.0. The summed E-state index contributed by atoms with van der Waals surface area (Å²) >= 11 is 0. The van der Waals surface area contributed by atoms with Gasteiger partial charge in [0, 0.05) is 0 Å². The van der Waals surface area contributed by atoms with Crippen molar-refractivity contribution in [2.24, 2.45) is 5.92 Å². The van der Waals surface area contributed by atoms with Crippen LogP contribution in [0.3, 0.4) is 0 Å². The van der Waals surface area contributed by atoms with E-state index >= 15 is 0 Å².